The molecule has 0 N–H and O–H groups in total. The molecule has 0 saturated carbocycles. The van der Waals surface area contributed by atoms with E-state index in [0.717, 1.165) is 19.6 Å². The van der Waals surface area contributed by atoms with Gasteiger partial charge in [0.2, 0.25) is 0 Å². The van der Waals surface area contributed by atoms with Gasteiger partial charge in [0.25, 0.3) is 0 Å². The van der Waals surface area contributed by atoms with E-state index in [0.29, 0.717) is 12.3 Å². The molecule has 0 amide bonds. The number of hydrogen-bond donors (Lipinski definition) is 0. The van der Waals surface area contributed by atoms with Gasteiger partial charge in [-0.05, 0) is 33.3 Å². The molecule has 4 heteroatoms. The summed E-state index contributed by atoms with van der Waals surface area (Å²) in [6.07, 6.45) is 0.607. The lowest BCUT2D eigenvalue weighted by atomic mass is 10.2. The van der Waals surface area contributed by atoms with Crippen LogP contribution in [0, 0.1) is 17.2 Å². The Hall–Kier alpha value is -0.370. The van der Waals surface area contributed by atoms with E-state index < -0.39 is 0 Å². The van der Waals surface area contributed by atoms with Crippen molar-refractivity contribution in [2.75, 3.05) is 13.1 Å². The van der Waals surface area contributed by atoms with Crippen molar-refractivity contribution in [1.82, 2.24) is 4.90 Å². The molecule has 1 heterocycles. The molecule has 1 aromatic heterocycles. The fourth-order valence-corrected chi connectivity index (χ4v) is 3.12. The first-order valence-corrected chi connectivity index (χ1v) is 7.12. The van der Waals surface area contributed by atoms with E-state index in [9.17, 15) is 0 Å². The third-order valence-electron chi connectivity index (χ3n) is 2.22. The topological polar surface area (TPSA) is 27.0 Å². The van der Waals surface area contributed by atoms with Crippen LogP contribution in [0.4, 0.5) is 0 Å². The summed E-state index contributed by atoms with van der Waals surface area (Å²) in [6.45, 7) is 7.27. The molecular weight excluding hydrogens is 284 g/mol. The number of thiophene rings is 1. The lowest BCUT2D eigenvalue weighted by Crippen LogP contribution is -2.28. The SMILES string of the molecule is CC(C)CN(CCC#N)Cc1sccc1Br. The first-order valence-electron chi connectivity index (χ1n) is 5.44. The zero-order valence-electron chi connectivity index (χ0n) is 9.74. The molecule has 0 aliphatic carbocycles. The zero-order chi connectivity index (χ0) is 12.0. The Morgan fingerprint density at radius 3 is 2.81 bits per heavy atom. The third kappa shape index (κ3) is 4.65. The summed E-state index contributed by atoms with van der Waals surface area (Å²) >= 11 is 5.31. The van der Waals surface area contributed by atoms with Crippen LogP contribution in [0.1, 0.15) is 25.1 Å². The highest BCUT2D eigenvalue weighted by Crippen LogP contribution is 2.24. The molecule has 1 rings (SSSR count). The lowest BCUT2D eigenvalue weighted by molar-refractivity contribution is 0.243. The van der Waals surface area contributed by atoms with Crippen molar-refractivity contribution in [3.05, 3.63) is 20.8 Å². The molecule has 0 aliphatic heterocycles. The molecule has 88 valence electrons. The van der Waals surface area contributed by atoms with Crippen LogP contribution < -0.4 is 0 Å². The minimum absolute atomic E-state index is 0.607. The quantitative estimate of drug-likeness (QED) is 0.797. The van der Waals surface area contributed by atoms with Crippen LogP contribution >= 0.6 is 27.3 Å². The number of nitriles is 1. The molecule has 0 spiro atoms. The van der Waals surface area contributed by atoms with Gasteiger partial charge in [0.15, 0.2) is 0 Å². The van der Waals surface area contributed by atoms with Crippen molar-refractivity contribution in [3.63, 3.8) is 0 Å². The van der Waals surface area contributed by atoms with E-state index in [1.807, 2.05) is 0 Å². The summed E-state index contributed by atoms with van der Waals surface area (Å²) in [5.74, 6) is 0.637. The van der Waals surface area contributed by atoms with Gasteiger partial charge in [-0.15, -0.1) is 11.3 Å². The Kier molecular flexibility index (Phi) is 6.04. The minimum atomic E-state index is 0.607. The van der Waals surface area contributed by atoms with Gasteiger partial charge in [-0.1, -0.05) is 13.8 Å². The van der Waals surface area contributed by atoms with Gasteiger partial charge >= 0.3 is 0 Å². The summed E-state index contributed by atoms with van der Waals surface area (Å²) < 4.78 is 1.18. The number of hydrogen-bond acceptors (Lipinski definition) is 3. The van der Waals surface area contributed by atoms with Crippen LogP contribution in [-0.2, 0) is 6.54 Å². The largest absolute Gasteiger partial charge is 0.297 e. The minimum Gasteiger partial charge on any atom is -0.297 e. The van der Waals surface area contributed by atoms with E-state index in [4.69, 9.17) is 5.26 Å². The second kappa shape index (κ2) is 7.05. The highest BCUT2D eigenvalue weighted by Gasteiger charge is 2.10. The Bertz CT molecular complexity index is 354. The van der Waals surface area contributed by atoms with Crippen LogP contribution in [0.15, 0.2) is 15.9 Å². The summed E-state index contributed by atoms with van der Waals surface area (Å²) in [6, 6.07) is 4.30. The molecule has 0 saturated heterocycles. The second-order valence-corrected chi connectivity index (χ2v) is 6.08. The number of nitrogens with zero attached hydrogens (tertiary/aromatic N) is 2. The van der Waals surface area contributed by atoms with Crippen molar-refractivity contribution in [3.8, 4) is 6.07 Å². The van der Waals surface area contributed by atoms with Gasteiger partial charge in [-0.3, -0.25) is 4.90 Å². The maximum Gasteiger partial charge on any atom is 0.0635 e. The molecular formula is C12H17BrN2S. The van der Waals surface area contributed by atoms with Crippen molar-refractivity contribution in [1.29, 1.82) is 5.26 Å². The average molecular weight is 301 g/mol. The average Bonchev–Trinajstić information content (AvgIpc) is 2.60. The predicted octanol–water partition coefficient (Wildman–Crippen LogP) is 3.88. The molecule has 0 radical (unpaired) electrons. The van der Waals surface area contributed by atoms with Crippen molar-refractivity contribution in [2.24, 2.45) is 5.92 Å². The Morgan fingerprint density at radius 2 is 2.31 bits per heavy atom. The predicted molar refractivity (Wildman–Crippen MR) is 72.4 cm³/mol. The smallest absolute Gasteiger partial charge is 0.0635 e. The first kappa shape index (κ1) is 13.7. The molecule has 0 atom stereocenters. The lowest BCUT2D eigenvalue weighted by Gasteiger charge is -2.22. The Labute approximate surface area is 110 Å². The van der Waals surface area contributed by atoms with E-state index in [-0.39, 0.29) is 0 Å². The van der Waals surface area contributed by atoms with Crippen LogP contribution in [0.25, 0.3) is 0 Å². The molecule has 1 aromatic rings. The van der Waals surface area contributed by atoms with Crippen molar-refractivity contribution in [2.45, 2.75) is 26.8 Å². The van der Waals surface area contributed by atoms with E-state index in [1.165, 1.54) is 9.35 Å². The molecule has 16 heavy (non-hydrogen) atoms. The van der Waals surface area contributed by atoms with E-state index in [2.05, 4.69) is 52.2 Å². The molecule has 0 aromatic carbocycles. The molecule has 0 aliphatic rings. The normalized spacial score (nSPS) is 11.0. The van der Waals surface area contributed by atoms with Gasteiger partial charge in [0.1, 0.15) is 0 Å². The molecule has 2 nitrogen and oxygen atoms in total. The first-order chi connectivity index (χ1) is 7.63. The second-order valence-electron chi connectivity index (χ2n) is 4.23. The van der Waals surface area contributed by atoms with Gasteiger partial charge in [0.05, 0.1) is 6.07 Å². The van der Waals surface area contributed by atoms with Gasteiger partial charge in [-0.25, -0.2) is 0 Å². The fourth-order valence-electron chi connectivity index (χ4n) is 1.60. The van der Waals surface area contributed by atoms with Gasteiger partial charge in [0, 0.05) is 35.4 Å². The van der Waals surface area contributed by atoms with Gasteiger partial charge in [-0.2, -0.15) is 5.26 Å². The highest BCUT2D eigenvalue weighted by atomic mass is 79.9. The molecule has 0 unspecified atom stereocenters. The van der Waals surface area contributed by atoms with Crippen molar-refractivity contribution < 1.29 is 0 Å². The summed E-state index contributed by atoms with van der Waals surface area (Å²) in [7, 11) is 0. The van der Waals surface area contributed by atoms with Crippen LogP contribution in [0.2, 0.25) is 0 Å². The van der Waals surface area contributed by atoms with Crippen LogP contribution in [0.3, 0.4) is 0 Å². The van der Waals surface area contributed by atoms with E-state index >= 15 is 0 Å². The Balaban J connectivity index is 2.56. The standard InChI is InChI=1S/C12H17BrN2S/c1-10(2)8-15(6-3-5-14)9-12-11(13)4-7-16-12/h4,7,10H,3,6,8-9H2,1-2H3. The molecule has 0 fully saturated rings. The van der Waals surface area contributed by atoms with E-state index in [1.54, 1.807) is 11.3 Å². The highest BCUT2D eigenvalue weighted by molar-refractivity contribution is 9.10. The summed E-state index contributed by atoms with van der Waals surface area (Å²) in [5, 5.41) is 10.7. The summed E-state index contributed by atoms with van der Waals surface area (Å²) in [4.78, 5) is 3.70. The van der Waals surface area contributed by atoms with Gasteiger partial charge < -0.3 is 0 Å². The molecule has 0 bridgehead atoms. The summed E-state index contributed by atoms with van der Waals surface area (Å²) in [5.41, 5.74) is 0. The van der Waals surface area contributed by atoms with Crippen LogP contribution in [0.5, 0.6) is 0 Å². The third-order valence-corrected chi connectivity index (χ3v) is 4.13. The Morgan fingerprint density at radius 1 is 1.56 bits per heavy atom. The van der Waals surface area contributed by atoms with Crippen molar-refractivity contribution >= 4 is 27.3 Å². The fraction of sp³-hybridized carbons (Fsp3) is 0.583. The van der Waals surface area contributed by atoms with Crippen LogP contribution in [-0.4, -0.2) is 18.0 Å². The maximum atomic E-state index is 8.65. The monoisotopic (exact) mass is 300 g/mol. The number of halogens is 1. The number of rotatable bonds is 6. The zero-order valence-corrected chi connectivity index (χ0v) is 12.1. The maximum absolute atomic E-state index is 8.65.